The number of likely N-dealkylation sites (tertiary alicyclic amines) is 1. The van der Waals surface area contributed by atoms with Crippen LogP contribution < -0.4 is 5.32 Å². The second kappa shape index (κ2) is 8.80. The smallest absolute Gasteiger partial charge is 0.321 e. The van der Waals surface area contributed by atoms with Crippen molar-refractivity contribution in [3.63, 3.8) is 0 Å². The highest BCUT2D eigenvalue weighted by molar-refractivity contribution is 7.99. The maximum Gasteiger partial charge on any atom is 0.321 e. The van der Waals surface area contributed by atoms with Gasteiger partial charge in [0, 0.05) is 50.2 Å². The summed E-state index contributed by atoms with van der Waals surface area (Å²) in [5, 5.41) is 6.25. The highest BCUT2D eigenvalue weighted by Gasteiger charge is 2.31. The van der Waals surface area contributed by atoms with Crippen LogP contribution in [0.4, 0.5) is 28.0 Å². The van der Waals surface area contributed by atoms with E-state index in [1.807, 2.05) is 0 Å². The Balaban J connectivity index is 1.52. The van der Waals surface area contributed by atoms with Crippen molar-refractivity contribution in [1.82, 2.24) is 19.7 Å². The van der Waals surface area contributed by atoms with Crippen LogP contribution in [-0.2, 0) is 7.05 Å². The first-order valence-electron chi connectivity index (χ1n) is 8.63. The summed E-state index contributed by atoms with van der Waals surface area (Å²) >= 11 is 0.742. The molecule has 1 aliphatic heterocycles. The van der Waals surface area contributed by atoms with Gasteiger partial charge in [0.2, 0.25) is 5.95 Å². The number of nitrogens with zero attached hydrogens (tertiary/aromatic N) is 4. The molecule has 11 heteroatoms. The van der Waals surface area contributed by atoms with Crippen molar-refractivity contribution in [2.45, 2.75) is 29.7 Å². The number of carbonyl (C=O) groups excluding carboxylic acids is 1. The van der Waals surface area contributed by atoms with Gasteiger partial charge in [-0.3, -0.25) is 4.68 Å². The third kappa shape index (κ3) is 4.94. The molecule has 0 radical (unpaired) electrons. The van der Waals surface area contributed by atoms with Gasteiger partial charge in [-0.1, -0.05) is 11.8 Å². The average molecular weight is 417 g/mol. The Morgan fingerprint density at radius 3 is 2.68 bits per heavy atom. The largest absolute Gasteiger partial charge is 0.325 e. The molecular weight excluding hydrogens is 398 g/mol. The molecule has 6 nitrogen and oxygen atoms in total. The molecule has 0 aromatic carbocycles. The summed E-state index contributed by atoms with van der Waals surface area (Å²) in [6, 6.07) is 2.17. The zero-order valence-electron chi connectivity index (χ0n) is 15.0. The molecule has 0 unspecified atom stereocenters. The number of thioether (sulfide) groups is 1. The first-order valence-corrected chi connectivity index (χ1v) is 9.51. The van der Waals surface area contributed by atoms with Gasteiger partial charge in [0.05, 0.1) is 4.90 Å². The van der Waals surface area contributed by atoms with E-state index in [9.17, 15) is 22.4 Å². The lowest BCUT2D eigenvalue weighted by Crippen LogP contribution is -2.42. The Kier molecular flexibility index (Phi) is 6.42. The summed E-state index contributed by atoms with van der Waals surface area (Å²) in [7, 11) is 1.51. The fourth-order valence-corrected chi connectivity index (χ4v) is 4.16. The second-order valence-electron chi connectivity index (χ2n) is 6.44. The van der Waals surface area contributed by atoms with E-state index in [4.69, 9.17) is 0 Å². The minimum atomic E-state index is -2.76. The number of rotatable bonds is 5. The Hall–Kier alpha value is -2.30. The van der Waals surface area contributed by atoms with Crippen molar-refractivity contribution in [1.29, 1.82) is 0 Å². The first-order chi connectivity index (χ1) is 13.3. The van der Waals surface area contributed by atoms with Crippen LogP contribution in [0.5, 0.6) is 0 Å². The van der Waals surface area contributed by atoms with Gasteiger partial charge in [-0.15, -0.1) is 0 Å². The standard InChI is InChI=1S/C17H19F4N5OS/c1-25-9-12(14(24-25)15(19)20)28-16(21)10-3-6-26(7-4-10)17(27)23-11-2-5-22-13(18)8-11/h2,5,8-10,15-16H,3-4,6-7H2,1H3,(H,22,23,27)/t16-/m1/s1. The van der Waals surface area contributed by atoms with Crippen molar-refractivity contribution in [2.75, 3.05) is 18.4 Å². The zero-order chi connectivity index (χ0) is 20.3. The SMILES string of the molecule is Cn1cc(S[C@@H](F)C2CCN(C(=O)Nc3ccnc(F)c3)CC2)c(C(F)F)n1. The predicted molar refractivity (Wildman–Crippen MR) is 96.4 cm³/mol. The molecule has 0 bridgehead atoms. The molecule has 3 rings (SSSR count). The van der Waals surface area contributed by atoms with Gasteiger partial charge in [-0.05, 0) is 18.9 Å². The van der Waals surface area contributed by atoms with E-state index < -0.39 is 29.6 Å². The quantitative estimate of drug-likeness (QED) is 0.449. The fraction of sp³-hybridized carbons (Fsp3) is 0.471. The highest BCUT2D eigenvalue weighted by atomic mass is 32.2. The van der Waals surface area contributed by atoms with Gasteiger partial charge in [-0.25, -0.2) is 22.9 Å². The maximum atomic E-state index is 14.7. The number of hydrogen-bond donors (Lipinski definition) is 1. The summed E-state index contributed by atoms with van der Waals surface area (Å²) in [5.74, 6) is -1.06. The Morgan fingerprint density at radius 2 is 2.04 bits per heavy atom. The monoisotopic (exact) mass is 417 g/mol. The molecule has 1 saturated heterocycles. The molecule has 2 aromatic rings. The summed E-state index contributed by atoms with van der Waals surface area (Å²) in [6.07, 6.45) is 0.663. The summed E-state index contributed by atoms with van der Waals surface area (Å²) < 4.78 is 55.0. The minimum Gasteiger partial charge on any atom is -0.325 e. The van der Waals surface area contributed by atoms with E-state index >= 15 is 0 Å². The van der Waals surface area contributed by atoms with Gasteiger partial charge in [-0.2, -0.15) is 9.49 Å². The average Bonchev–Trinajstić information content (AvgIpc) is 3.02. The number of aromatic nitrogens is 3. The van der Waals surface area contributed by atoms with Crippen LogP contribution in [0.1, 0.15) is 25.0 Å². The lowest BCUT2D eigenvalue weighted by molar-refractivity contribution is 0.142. The number of alkyl halides is 3. The molecule has 1 fully saturated rings. The van der Waals surface area contributed by atoms with Crippen molar-refractivity contribution in [3.8, 4) is 0 Å². The van der Waals surface area contributed by atoms with Gasteiger partial charge >= 0.3 is 6.03 Å². The predicted octanol–water partition coefficient (Wildman–Crippen LogP) is 4.22. The van der Waals surface area contributed by atoms with Crippen LogP contribution in [0.3, 0.4) is 0 Å². The number of nitrogens with one attached hydrogen (secondary N) is 1. The fourth-order valence-electron chi connectivity index (χ4n) is 2.99. The van der Waals surface area contributed by atoms with E-state index in [1.54, 1.807) is 0 Å². The molecule has 0 spiro atoms. The summed E-state index contributed by atoms with van der Waals surface area (Å²) in [4.78, 5) is 17.3. The number of urea groups is 1. The molecule has 1 aliphatic rings. The summed E-state index contributed by atoms with van der Waals surface area (Å²) in [6.45, 7) is 0.638. The van der Waals surface area contributed by atoms with Crippen molar-refractivity contribution >= 4 is 23.5 Å². The second-order valence-corrected chi connectivity index (χ2v) is 7.57. The highest BCUT2D eigenvalue weighted by Crippen LogP contribution is 2.38. The van der Waals surface area contributed by atoms with E-state index in [1.165, 1.54) is 35.1 Å². The number of halogens is 4. The van der Waals surface area contributed by atoms with Gasteiger partial charge in [0.25, 0.3) is 6.43 Å². The molecule has 3 heterocycles. The van der Waals surface area contributed by atoms with E-state index in [0.717, 1.165) is 17.8 Å². The number of aryl methyl sites for hydroxylation is 1. The van der Waals surface area contributed by atoms with Crippen LogP contribution in [0, 0.1) is 11.9 Å². The van der Waals surface area contributed by atoms with Gasteiger partial charge in [0.15, 0.2) is 5.50 Å². The van der Waals surface area contributed by atoms with Crippen LogP contribution >= 0.6 is 11.8 Å². The van der Waals surface area contributed by atoms with Crippen molar-refractivity contribution in [3.05, 3.63) is 36.2 Å². The Bertz CT molecular complexity index is 826. The normalized spacial score (nSPS) is 16.4. The number of piperidine rings is 1. The number of carbonyl (C=O) groups is 1. The molecular formula is C17H19F4N5OS. The number of amides is 2. The van der Waals surface area contributed by atoms with Crippen LogP contribution in [0.15, 0.2) is 29.4 Å². The number of pyridine rings is 1. The summed E-state index contributed by atoms with van der Waals surface area (Å²) in [5.41, 5.74) is -1.51. The van der Waals surface area contributed by atoms with E-state index in [-0.39, 0.29) is 16.5 Å². The van der Waals surface area contributed by atoms with Crippen molar-refractivity contribution < 1.29 is 22.4 Å². The van der Waals surface area contributed by atoms with Crippen molar-refractivity contribution in [2.24, 2.45) is 13.0 Å². The van der Waals surface area contributed by atoms with Gasteiger partial charge < -0.3 is 10.2 Å². The molecule has 1 atom stereocenters. The van der Waals surface area contributed by atoms with Crippen LogP contribution in [-0.4, -0.2) is 44.3 Å². The zero-order valence-corrected chi connectivity index (χ0v) is 15.8. The maximum absolute atomic E-state index is 14.7. The molecule has 0 saturated carbocycles. The Morgan fingerprint density at radius 1 is 1.32 bits per heavy atom. The third-order valence-electron chi connectivity index (χ3n) is 4.44. The number of hydrogen-bond acceptors (Lipinski definition) is 4. The third-order valence-corrected chi connectivity index (χ3v) is 5.62. The molecule has 28 heavy (non-hydrogen) atoms. The lowest BCUT2D eigenvalue weighted by atomic mass is 9.98. The Labute approximate surface area is 163 Å². The lowest BCUT2D eigenvalue weighted by Gasteiger charge is -2.33. The molecule has 1 N–H and O–H groups in total. The number of anilines is 1. The topological polar surface area (TPSA) is 63.1 Å². The minimum absolute atomic E-state index is 0.130. The van der Waals surface area contributed by atoms with Gasteiger partial charge in [0.1, 0.15) is 5.69 Å². The first kappa shape index (κ1) is 20.4. The molecule has 0 aliphatic carbocycles. The molecule has 152 valence electrons. The molecule has 2 amide bonds. The van der Waals surface area contributed by atoms with E-state index in [2.05, 4.69) is 15.4 Å². The van der Waals surface area contributed by atoms with Crippen LogP contribution in [0.25, 0.3) is 0 Å². The van der Waals surface area contributed by atoms with Crippen LogP contribution in [0.2, 0.25) is 0 Å². The van der Waals surface area contributed by atoms with E-state index in [0.29, 0.717) is 25.9 Å². The molecule has 2 aromatic heterocycles.